The van der Waals surface area contributed by atoms with Crippen molar-refractivity contribution in [2.24, 2.45) is 0 Å². The van der Waals surface area contributed by atoms with Crippen LogP contribution < -0.4 is 0 Å². The second kappa shape index (κ2) is 12.0. The van der Waals surface area contributed by atoms with Crippen molar-refractivity contribution in [3.8, 4) is 33.6 Å². The average molecular weight is 711 g/mol. The van der Waals surface area contributed by atoms with Gasteiger partial charge in [0.2, 0.25) is 0 Å². The average Bonchev–Trinajstić information content (AvgIpc) is 3.80. The molecule has 0 aliphatic rings. The van der Waals surface area contributed by atoms with Crippen molar-refractivity contribution in [3.05, 3.63) is 206 Å². The van der Waals surface area contributed by atoms with E-state index in [1.807, 2.05) is 0 Å². The molecule has 2 heterocycles. The second-order valence-corrected chi connectivity index (χ2v) is 14.8. The molecule has 12 aromatic rings. The van der Waals surface area contributed by atoms with Crippen LogP contribution in [0.4, 0.5) is 0 Å². The van der Waals surface area contributed by atoms with Gasteiger partial charge in [0.25, 0.3) is 0 Å². The van der Waals surface area contributed by atoms with Crippen LogP contribution >= 0.6 is 0 Å². The summed E-state index contributed by atoms with van der Waals surface area (Å²) in [6, 6.07) is 75.7. The van der Waals surface area contributed by atoms with Crippen LogP contribution in [0.5, 0.6) is 0 Å². The molecule has 0 aliphatic carbocycles. The summed E-state index contributed by atoms with van der Waals surface area (Å²) < 4.78 is 4.89. The third-order valence-electron chi connectivity index (χ3n) is 11.9. The molecule has 0 saturated heterocycles. The lowest BCUT2D eigenvalue weighted by molar-refractivity contribution is 1.18. The molecular weight excluding hydrogens is 677 g/mol. The number of hydrogen-bond acceptors (Lipinski definition) is 0. The highest BCUT2D eigenvalue weighted by Crippen LogP contribution is 2.45. The first-order valence-corrected chi connectivity index (χ1v) is 19.4. The number of nitrogens with zero attached hydrogens (tertiary/aromatic N) is 2. The molecule has 0 radical (unpaired) electrons. The minimum Gasteiger partial charge on any atom is -0.309 e. The van der Waals surface area contributed by atoms with Crippen LogP contribution in [0.25, 0.3) is 110 Å². The summed E-state index contributed by atoms with van der Waals surface area (Å²) >= 11 is 0. The molecule has 0 atom stereocenters. The van der Waals surface area contributed by atoms with E-state index >= 15 is 0 Å². The summed E-state index contributed by atoms with van der Waals surface area (Å²) in [4.78, 5) is 0. The lowest BCUT2D eigenvalue weighted by Gasteiger charge is -2.14. The molecule has 2 aromatic heterocycles. The number of benzene rings is 10. The van der Waals surface area contributed by atoms with Crippen molar-refractivity contribution < 1.29 is 0 Å². The van der Waals surface area contributed by atoms with Crippen LogP contribution in [0.2, 0.25) is 0 Å². The van der Waals surface area contributed by atoms with E-state index in [1.165, 1.54) is 98.2 Å². The van der Waals surface area contributed by atoms with E-state index in [0.717, 1.165) is 11.4 Å². The molecule has 0 spiro atoms. The molecule has 260 valence electrons. The summed E-state index contributed by atoms with van der Waals surface area (Å²) in [6.07, 6.45) is 0. The number of hydrogen-bond donors (Lipinski definition) is 0. The fourth-order valence-electron chi connectivity index (χ4n) is 9.51. The lowest BCUT2D eigenvalue weighted by Crippen LogP contribution is -1.95. The van der Waals surface area contributed by atoms with Gasteiger partial charge in [0, 0.05) is 32.9 Å². The quantitative estimate of drug-likeness (QED) is 0.161. The highest BCUT2D eigenvalue weighted by atomic mass is 15.0. The number of aromatic nitrogens is 2. The summed E-state index contributed by atoms with van der Waals surface area (Å²) in [5.41, 5.74) is 12.0. The Morgan fingerprint density at radius 2 is 0.625 bits per heavy atom. The van der Waals surface area contributed by atoms with E-state index in [9.17, 15) is 0 Å². The first kappa shape index (κ1) is 31.0. The minimum absolute atomic E-state index is 1.15. The normalized spacial score (nSPS) is 11.9. The van der Waals surface area contributed by atoms with E-state index < -0.39 is 0 Å². The molecule has 0 aliphatic heterocycles. The molecule has 12 rings (SSSR count). The SMILES string of the molecule is c1ccc(-c2ccc(-n3c4ccccc4c4c(-c5cccc6c5c5ccccc5n6-c5ccc6c7ccccc7c7ccccc7c6c5)cccc43)cc2)cc1. The zero-order valence-electron chi connectivity index (χ0n) is 30.5. The predicted molar refractivity (Wildman–Crippen MR) is 239 cm³/mol. The Morgan fingerprint density at radius 1 is 0.232 bits per heavy atom. The first-order chi connectivity index (χ1) is 27.8. The maximum atomic E-state index is 2.47. The van der Waals surface area contributed by atoms with E-state index in [-0.39, 0.29) is 0 Å². The first-order valence-electron chi connectivity index (χ1n) is 19.4. The number of para-hydroxylation sites is 2. The Hall–Kier alpha value is -7.42. The van der Waals surface area contributed by atoms with Crippen LogP contribution in [-0.2, 0) is 0 Å². The van der Waals surface area contributed by atoms with Gasteiger partial charge in [0.1, 0.15) is 0 Å². The van der Waals surface area contributed by atoms with Crippen LogP contribution in [0.3, 0.4) is 0 Å². The van der Waals surface area contributed by atoms with Crippen LogP contribution in [-0.4, -0.2) is 9.13 Å². The molecule has 0 N–H and O–H groups in total. The molecule has 0 saturated carbocycles. The van der Waals surface area contributed by atoms with Crippen molar-refractivity contribution in [1.29, 1.82) is 0 Å². The summed E-state index contributed by atoms with van der Waals surface area (Å²) in [5.74, 6) is 0. The van der Waals surface area contributed by atoms with Crippen LogP contribution in [0, 0.1) is 0 Å². The molecule has 56 heavy (non-hydrogen) atoms. The third-order valence-corrected chi connectivity index (χ3v) is 11.9. The smallest absolute Gasteiger partial charge is 0.0547 e. The van der Waals surface area contributed by atoms with Crippen molar-refractivity contribution in [1.82, 2.24) is 9.13 Å². The molecule has 0 fully saturated rings. The zero-order chi connectivity index (χ0) is 36.7. The molecule has 0 bridgehead atoms. The van der Waals surface area contributed by atoms with Gasteiger partial charge in [0.05, 0.1) is 22.1 Å². The van der Waals surface area contributed by atoms with Gasteiger partial charge in [-0.1, -0.05) is 158 Å². The fraction of sp³-hybridized carbons (Fsp3) is 0. The Morgan fingerprint density at radius 3 is 1.18 bits per heavy atom. The standard InChI is InChI=1S/C54H34N2/c1-2-14-35(15-3-1)36-28-30-37(31-29-36)55-49-24-10-8-20-46(49)53-44(22-12-26-51(53)55)45-23-13-27-52-54(45)47-21-9-11-25-50(47)56(52)38-32-33-43-41-18-5-4-16-39(41)40-17-6-7-19-42(40)48(43)34-38/h1-34H. The van der Waals surface area contributed by atoms with Gasteiger partial charge in [0.15, 0.2) is 0 Å². The lowest BCUT2D eigenvalue weighted by atomic mass is 9.94. The fourth-order valence-corrected chi connectivity index (χ4v) is 9.51. The molecule has 2 nitrogen and oxygen atoms in total. The second-order valence-electron chi connectivity index (χ2n) is 14.8. The van der Waals surface area contributed by atoms with Gasteiger partial charge in [-0.05, 0) is 103 Å². The Bertz CT molecular complexity index is 3480. The topological polar surface area (TPSA) is 9.86 Å². The van der Waals surface area contributed by atoms with Gasteiger partial charge in [-0.25, -0.2) is 0 Å². The maximum absolute atomic E-state index is 2.47. The monoisotopic (exact) mass is 710 g/mol. The summed E-state index contributed by atoms with van der Waals surface area (Å²) in [5, 5.41) is 12.7. The zero-order valence-corrected chi connectivity index (χ0v) is 30.5. The Labute approximate surface area is 323 Å². The predicted octanol–water partition coefficient (Wildman–Crippen LogP) is 14.7. The van der Waals surface area contributed by atoms with Gasteiger partial charge < -0.3 is 9.13 Å². The maximum Gasteiger partial charge on any atom is 0.0547 e. The van der Waals surface area contributed by atoms with Gasteiger partial charge in [-0.2, -0.15) is 0 Å². The van der Waals surface area contributed by atoms with Gasteiger partial charge in [-0.15, -0.1) is 0 Å². The minimum atomic E-state index is 1.15. The van der Waals surface area contributed by atoms with E-state index in [4.69, 9.17) is 0 Å². The van der Waals surface area contributed by atoms with E-state index in [0.29, 0.717) is 0 Å². The van der Waals surface area contributed by atoms with E-state index in [2.05, 4.69) is 215 Å². The number of fused-ring (bicyclic) bond motifs is 12. The van der Waals surface area contributed by atoms with Gasteiger partial charge >= 0.3 is 0 Å². The summed E-state index contributed by atoms with van der Waals surface area (Å²) in [7, 11) is 0. The third kappa shape index (κ3) is 4.44. The van der Waals surface area contributed by atoms with Crippen molar-refractivity contribution in [2.45, 2.75) is 0 Å². The van der Waals surface area contributed by atoms with Crippen molar-refractivity contribution >= 4 is 75.9 Å². The van der Waals surface area contributed by atoms with Crippen molar-refractivity contribution in [3.63, 3.8) is 0 Å². The molecule has 10 aromatic carbocycles. The van der Waals surface area contributed by atoms with E-state index in [1.54, 1.807) is 0 Å². The molecule has 0 amide bonds. The molecule has 2 heteroatoms. The Kier molecular flexibility index (Phi) is 6.66. The van der Waals surface area contributed by atoms with Crippen molar-refractivity contribution in [2.75, 3.05) is 0 Å². The molecular formula is C54H34N2. The highest BCUT2D eigenvalue weighted by Gasteiger charge is 2.21. The summed E-state index contributed by atoms with van der Waals surface area (Å²) in [6.45, 7) is 0. The van der Waals surface area contributed by atoms with Crippen LogP contribution in [0.1, 0.15) is 0 Å². The highest BCUT2D eigenvalue weighted by molar-refractivity contribution is 6.26. The van der Waals surface area contributed by atoms with Gasteiger partial charge in [-0.3, -0.25) is 0 Å². The largest absolute Gasteiger partial charge is 0.309 e. The number of rotatable bonds is 4. The molecule has 0 unspecified atom stereocenters. The Balaban J connectivity index is 1.10. The van der Waals surface area contributed by atoms with Crippen LogP contribution in [0.15, 0.2) is 206 Å².